The van der Waals surface area contributed by atoms with E-state index in [2.05, 4.69) is 17.2 Å². The summed E-state index contributed by atoms with van der Waals surface area (Å²) in [6, 6.07) is 14.5. The van der Waals surface area contributed by atoms with Gasteiger partial charge < -0.3 is 9.64 Å². The van der Waals surface area contributed by atoms with E-state index in [0.29, 0.717) is 10.9 Å². The van der Waals surface area contributed by atoms with Gasteiger partial charge in [-0.05, 0) is 36.2 Å². The number of carbonyl (C=O) groups excluding carboxylic acids is 2. The largest absolute Gasteiger partial charge is 0.442 e. The second kappa shape index (κ2) is 7.83. The fourth-order valence-electron chi connectivity index (χ4n) is 3.38. The SMILES string of the molecule is CCc1ccc(N2CC(C(=O)OCn3nnc4ccccc4c3=O)CC2=O)cc1. The predicted molar refractivity (Wildman–Crippen MR) is 106 cm³/mol. The van der Waals surface area contributed by atoms with E-state index < -0.39 is 11.9 Å². The van der Waals surface area contributed by atoms with E-state index in [0.717, 1.165) is 16.8 Å². The van der Waals surface area contributed by atoms with Gasteiger partial charge in [-0.25, -0.2) is 0 Å². The standard InChI is InChI=1S/C21H20N4O4/c1-2-14-7-9-16(10-8-14)24-12-15(11-19(24)26)21(28)29-13-25-20(27)17-5-3-4-6-18(17)22-23-25/h3-10,15H,2,11-13H2,1H3. The van der Waals surface area contributed by atoms with Crippen LogP contribution in [0.25, 0.3) is 10.9 Å². The highest BCUT2D eigenvalue weighted by Gasteiger charge is 2.36. The Balaban J connectivity index is 1.42. The molecule has 8 heteroatoms. The number of nitrogens with zero attached hydrogens (tertiary/aromatic N) is 4. The van der Waals surface area contributed by atoms with Gasteiger partial charge in [-0.3, -0.25) is 14.4 Å². The summed E-state index contributed by atoms with van der Waals surface area (Å²) in [6.07, 6.45) is 0.993. The first-order valence-electron chi connectivity index (χ1n) is 9.45. The van der Waals surface area contributed by atoms with Crippen LogP contribution in [0.4, 0.5) is 5.69 Å². The van der Waals surface area contributed by atoms with E-state index in [9.17, 15) is 14.4 Å². The lowest BCUT2D eigenvalue weighted by Gasteiger charge is -2.17. The molecule has 4 rings (SSSR count). The molecule has 1 saturated heterocycles. The number of aryl methyl sites for hydroxylation is 1. The highest BCUT2D eigenvalue weighted by Crippen LogP contribution is 2.26. The summed E-state index contributed by atoms with van der Waals surface area (Å²) in [6.45, 7) is 1.97. The van der Waals surface area contributed by atoms with Crippen LogP contribution in [0.5, 0.6) is 0 Å². The van der Waals surface area contributed by atoms with Crippen LogP contribution in [0.2, 0.25) is 0 Å². The molecule has 148 valence electrons. The summed E-state index contributed by atoms with van der Waals surface area (Å²) in [5.41, 5.74) is 2.03. The Labute approximate surface area is 166 Å². The molecule has 1 aromatic heterocycles. The lowest BCUT2D eigenvalue weighted by Crippen LogP contribution is -2.29. The predicted octanol–water partition coefficient (Wildman–Crippen LogP) is 1.91. The lowest BCUT2D eigenvalue weighted by atomic mass is 10.1. The smallest absolute Gasteiger partial charge is 0.313 e. The molecule has 0 bridgehead atoms. The van der Waals surface area contributed by atoms with Crippen molar-refractivity contribution in [2.45, 2.75) is 26.5 Å². The summed E-state index contributed by atoms with van der Waals surface area (Å²) in [4.78, 5) is 38.8. The number of ether oxygens (including phenoxy) is 1. The van der Waals surface area contributed by atoms with Gasteiger partial charge in [-0.2, -0.15) is 4.68 Å². The minimum atomic E-state index is -0.586. The molecule has 2 heterocycles. The van der Waals surface area contributed by atoms with E-state index in [4.69, 9.17) is 4.74 Å². The normalized spacial score (nSPS) is 16.4. The molecule has 1 amide bonds. The van der Waals surface area contributed by atoms with E-state index in [1.54, 1.807) is 29.2 Å². The van der Waals surface area contributed by atoms with Crippen LogP contribution in [0.3, 0.4) is 0 Å². The Morgan fingerprint density at radius 2 is 1.90 bits per heavy atom. The van der Waals surface area contributed by atoms with Crippen LogP contribution >= 0.6 is 0 Å². The van der Waals surface area contributed by atoms with Crippen molar-refractivity contribution < 1.29 is 14.3 Å². The monoisotopic (exact) mass is 392 g/mol. The quantitative estimate of drug-likeness (QED) is 0.616. The van der Waals surface area contributed by atoms with E-state index in [-0.39, 0.29) is 31.2 Å². The molecule has 8 nitrogen and oxygen atoms in total. The van der Waals surface area contributed by atoms with Crippen molar-refractivity contribution in [3.8, 4) is 0 Å². The van der Waals surface area contributed by atoms with E-state index >= 15 is 0 Å². The molecule has 0 aliphatic carbocycles. The van der Waals surface area contributed by atoms with Crippen molar-refractivity contribution in [3.05, 3.63) is 64.4 Å². The summed E-state index contributed by atoms with van der Waals surface area (Å²) in [5, 5.41) is 8.15. The van der Waals surface area contributed by atoms with Crippen LogP contribution in [0.1, 0.15) is 18.9 Å². The Morgan fingerprint density at radius 1 is 1.14 bits per heavy atom. The topological polar surface area (TPSA) is 94.4 Å². The third kappa shape index (κ3) is 3.73. The number of hydrogen-bond donors (Lipinski definition) is 0. The molecule has 29 heavy (non-hydrogen) atoms. The average Bonchev–Trinajstić information content (AvgIpc) is 3.15. The third-order valence-electron chi connectivity index (χ3n) is 5.07. The van der Waals surface area contributed by atoms with Crippen molar-refractivity contribution in [1.82, 2.24) is 15.0 Å². The molecule has 0 saturated carbocycles. The first-order chi connectivity index (χ1) is 14.1. The summed E-state index contributed by atoms with van der Waals surface area (Å²) in [7, 11) is 0. The molecular weight excluding hydrogens is 372 g/mol. The molecule has 0 spiro atoms. The Bertz CT molecular complexity index is 1120. The van der Waals surface area contributed by atoms with Gasteiger partial charge in [0.1, 0.15) is 5.52 Å². The zero-order chi connectivity index (χ0) is 20.4. The maximum atomic E-state index is 12.5. The van der Waals surface area contributed by atoms with Gasteiger partial charge >= 0.3 is 5.97 Å². The van der Waals surface area contributed by atoms with E-state index in [1.807, 2.05) is 24.3 Å². The molecule has 1 aliphatic rings. The fourth-order valence-corrected chi connectivity index (χ4v) is 3.38. The van der Waals surface area contributed by atoms with Gasteiger partial charge in [-0.15, -0.1) is 5.10 Å². The molecule has 1 unspecified atom stereocenters. The number of benzene rings is 2. The molecular formula is C21H20N4O4. The average molecular weight is 392 g/mol. The number of hydrogen-bond acceptors (Lipinski definition) is 6. The minimum absolute atomic E-state index is 0.0761. The van der Waals surface area contributed by atoms with Gasteiger partial charge in [0.2, 0.25) is 5.91 Å². The molecule has 2 aromatic carbocycles. The first-order valence-corrected chi connectivity index (χ1v) is 9.45. The molecule has 0 N–H and O–H groups in total. The van der Waals surface area contributed by atoms with Crippen LogP contribution in [0.15, 0.2) is 53.3 Å². The Hall–Kier alpha value is -3.55. The van der Waals surface area contributed by atoms with E-state index in [1.165, 1.54) is 5.56 Å². The zero-order valence-electron chi connectivity index (χ0n) is 15.9. The summed E-state index contributed by atoms with van der Waals surface area (Å²) in [5.74, 6) is -1.25. The lowest BCUT2D eigenvalue weighted by molar-refractivity contribution is -0.152. The second-order valence-corrected chi connectivity index (χ2v) is 6.93. The Morgan fingerprint density at radius 3 is 2.66 bits per heavy atom. The number of fused-ring (bicyclic) bond motifs is 1. The third-order valence-corrected chi connectivity index (χ3v) is 5.07. The van der Waals surface area contributed by atoms with Gasteiger partial charge in [0.25, 0.3) is 5.56 Å². The first kappa shape index (κ1) is 18.8. The van der Waals surface area contributed by atoms with Crippen LogP contribution in [-0.4, -0.2) is 33.4 Å². The maximum Gasteiger partial charge on any atom is 0.313 e. The highest BCUT2D eigenvalue weighted by molar-refractivity contribution is 5.99. The number of amides is 1. The van der Waals surface area contributed by atoms with Crippen molar-refractivity contribution in [3.63, 3.8) is 0 Å². The molecule has 1 fully saturated rings. The van der Waals surface area contributed by atoms with Crippen LogP contribution in [0, 0.1) is 5.92 Å². The van der Waals surface area contributed by atoms with Gasteiger partial charge in [0.15, 0.2) is 6.73 Å². The number of esters is 1. The number of rotatable bonds is 5. The van der Waals surface area contributed by atoms with Crippen LogP contribution < -0.4 is 10.5 Å². The Kier molecular flexibility index (Phi) is 5.07. The second-order valence-electron chi connectivity index (χ2n) is 6.93. The highest BCUT2D eigenvalue weighted by atomic mass is 16.5. The van der Waals surface area contributed by atoms with Crippen molar-refractivity contribution in [2.75, 3.05) is 11.4 Å². The van der Waals surface area contributed by atoms with Crippen molar-refractivity contribution >= 4 is 28.5 Å². The molecule has 1 aliphatic heterocycles. The number of carbonyl (C=O) groups is 2. The number of anilines is 1. The molecule has 0 radical (unpaired) electrons. The van der Waals surface area contributed by atoms with Crippen LogP contribution in [-0.2, 0) is 27.5 Å². The van der Waals surface area contributed by atoms with Crippen molar-refractivity contribution in [2.24, 2.45) is 5.92 Å². The van der Waals surface area contributed by atoms with Gasteiger partial charge in [-0.1, -0.05) is 36.4 Å². The molecule has 3 aromatic rings. The number of aromatic nitrogens is 3. The summed E-state index contributed by atoms with van der Waals surface area (Å²) < 4.78 is 6.25. The summed E-state index contributed by atoms with van der Waals surface area (Å²) >= 11 is 0. The fraction of sp³-hybridized carbons (Fsp3) is 0.286. The van der Waals surface area contributed by atoms with Crippen molar-refractivity contribution in [1.29, 1.82) is 0 Å². The minimum Gasteiger partial charge on any atom is -0.442 e. The van der Waals surface area contributed by atoms with Gasteiger partial charge in [0.05, 0.1) is 11.3 Å². The molecule has 1 atom stereocenters. The maximum absolute atomic E-state index is 12.5. The van der Waals surface area contributed by atoms with Gasteiger partial charge in [0, 0.05) is 18.7 Å². The zero-order valence-corrected chi connectivity index (χ0v) is 15.9.